The highest BCUT2D eigenvalue weighted by Gasteiger charge is 2.14. The van der Waals surface area contributed by atoms with Crippen LogP contribution in [0.2, 0.25) is 0 Å². The average Bonchev–Trinajstić information content (AvgIpc) is 2.34. The number of rotatable bonds is 2. The van der Waals surface area contributed by atoms with Gasteiger partial charge in [0.25, 0.3) is 0 Å². The van der Waals surface area contributed by atoms with E-state index in [4.69, 9.17) is 9.47 Å². The lowest BCUT2D eigenvalue weighted by Crippen LogP contribution is -2.32. The van der Waals surface area contributed by atoms with Crippen molar-refractivity contribution in [1.82, 2.24) is 5.32 Å². The van der Waals surface area contributed by atoms with Gasteiger partial charge in [-0.1, -0.05) is 11.8 Å². The van der Waals surface area contributed by atoms with E-state index in [-0.39, 0.29) is 12.3 Å². The first kappa shape index (κ1) is 15.8. The van der Waals surface area contributed by atoms with Crippen molar-refractivity contribution in [2.24, 2.45) is 0 Å². The molecule has 1 amide bonds. The summed E-state index contributed by atoms with van der Waals surface area (Å²) in [7, 11) is 1.39. The molecule has 0 unspecified atom stereocenters. The van der Waals surface area contributed by atoms with E-state index in [0.29, 0.717) is 5.56 Å². The van der Waals surface area contributed by atoms with Crippen molar-refractivity contribution in [1.29, 1.82) is 0 Å². The number of benzene rings is 1. The number of carbonyl (C=O) groups is 1. The molecule has 4 nitrogen and oxygen atoms in total. The van der Waals surface area contributed by atoms with Crippen molar-refractivity contribution in [3.05, 3.63) is 29.6 Å². The van der Waals surface area contributed by atoms with Crippen LogP contribution in [0.25, 0.3) is 0 Å². The molecular weight excluding hydrogens is 261 g/mol. The van der Waals surface area contributed by atoms with Crippen LogP contribution in [0.1, 0.15) is 26.3 Å². The second kappa shape index (κ2) is 6.80. The fourth-order valence-corrected chi connectivity index (χ4v) is 1.31. The fourth-order valence-electron chi connectivity index (χ4n) is 1.31. The zero-order valence-electron chi connectivity index (χ0n) is 12.0. The average molecular weight is 279 g/mol. The summed E-state index contributed by atoms with van der Waals surface area (Å²) < 4.78 is 23.1. The molecule has 0 radical (unpaired) electrons. The van der Waals surface area contributed by atoms with Crippen molar-refractivity contribution in [3.8, 4) is 17.6 Å². The summed E-state index contributed by atoms with van der Waals surface area (Å²) in [5, 5.41) is 2.51. The molecule has 0 fully saturated rings. The van der Waals surface area contributed by atoms with Gasteiger partial charge in [0.05, 0.1) is 13.7 Å². The Kier molecular flexibility index (Phi) is 5.39. The summed E-state index contributed by atoms with van der Waals surface area (Å²) in [6, 6.07) is 4.32. The van der Waals surface area contributed by atoms with E-state index >= 15 is 0 Å². The van der Waals surface area contributed by atoms with Gasteiger partial charge in [0.1, 0.15) is 5.60 Å². The molecule has 20 heavy (non-hydrogen) atoms. The second-order valence-electron chi connectivity index (χ2n) is 5.01. The van der Waals surface area contributed by atoms with Crippen molar-refractivity contribution in [2.75, 3.05) is 13.7 Å². The first-order valence-corrected chi connectivity index (χ1v) is 6.11. The van der Waals surface area contributed by atoms with Gasteiger partial charge in [-0.2, -0.15) is 0 Å². The van der Waals surface area contributed by atoms with Crippen LogP contribution in [0, 0.1) is 17.7 Å². The second-order valence-corrected chi connectivity index (χ2v) is 5.01. The van der Waals surface area contributed by atoms with E-state index in [1.807, 2.05) is 0 Å². The minimum absolute atomic E-state index is 0.136. The minimum Gasteiger partial charge on any atom is -0.494 e. The number of carbonyl (C=O) groups excluding carboxylic acids is 1. The number of hydrogen-bond donors (Lipinski definition) is 1. The van der Waals surface area contributed by atoms with Crippen molar-refractivity contribution >= 4 is 6.09 Å². The van der Waals surface area contributed by atoms with Crippen LogP contribution in [0.3, 0.4) is 0 Å². The zero-order valence-corrected chi connectivity index (χ0v) is 12.0. The third-order valence-corrected chi connectivity index (χ3v) is 2.10. The summed E-state index contributed by atoms with van der Waals surface area (Å²) >= 11 is 0. The monoisotopic (exact) mass is 279 g/mol. The predicted molar refractivity (Wildman–Crippen MR) is 74.1 cm³/mol. The lowest BCUT2D eigenvalue weighted by Gasteiger charge is -2.18. The quantitative estimate of drug-likeness (QED) is 0.847. The van der Waals surface area contributed by atoms with Crippen LogP contribution in [0.4, 0.5) is 9.18 Å². The van der Waals surface area contributed by atoms with Gasteiger partial charge < -0.3 is 14.8 Å². The third-order valence-electron chi connectivity index (χ3n) is 2.10. The Morgan fingerprint density at radius 2 is 2.10 bits per heavy atom. The zero-order chi connectivity index (χ0) is 15.2. The first-order valence-electron chi connectivity index (χ1n) is 6.11. The van der Waals surface area contributed by atoms with Gasteiger partial charge in [-0.05, 0) is 39.0 Å². The van der Waals surface area contributed by atoms with Crippen LogP contribution in [-0.4, -0.2) is 25.3 Å². The van der Waals surface area contributed by atoms with Gasteiger partial charge in [0.15, 0.2) is 11.6 Å². The van der Waals surface area contributed by atoms with Gasteiger partial charge in [-0.3, -0.25) is 0 Å². The molecule has 1 N–H and O–H groups in total. The molecular formula is C15H18FNO3. The molecule has 0 aromatic heterocycles. The number of nitrogens with one attached hydrogen (secondary N) is 1. The van der Waals surface area contributed by atoms with Gasteiger partial charge >= 0.3 is 6.09 Å². The summed E-state index contributed by atoms with van der Waals surface area (Å²) in [5.74, 6) is 5.24. The Bertz CT molecular complexity index is 538. The smallest absolute Gasteiger partial charge is 0.408 e. The fraction of sp³-hybridized carbons (Fsp3) is 0.400. The van der Waals surface area contributed by atoms with E-state index in [1.165, 1.54) is 19.2 Å². The maximum atomic E-state index is 13.2. The molecule has 0 saturated carbocycles. The van der Waals surface area contributed by atoms with Crippen LogP contribution in [-0.2, 0) is 4.74 Å². The lowest BCUT2D eigenvalue weighted by atomic mass is 10.2. The van der Waals surface area contributed by atoms with E-state index in [9.17, 15) is 9.18 Å². The lowest BCUT2D eigenvalue weighted by molar-refractivity contribution is 0.0535. The number of ether oxygens (including phenoxy) is 2. The Morgan fingerprint density at radius 3 is 2.70 bits per heavy atom. The summed E-state index contributed by atoms with van der Waals surface area (Å²) in [6.07, 6.45) is -0.525. The molecule has 5 heteroatoms. The maximum absolute atomic E-state index is 13.2. The van der Waals surface area contributed by atoms with Crippen LogP contribution < -0.4 is 10.1 Å². The maximum Gasteiger partial charge on any atom is 0.408 e. The molecule has 0 spiro atoms. The molecule has 1 aromatic rings. The van der Waals surface area contributed by atoms with E-state index in [1.54, 1.807) is 26.8 Å². The van der Waals surface area contributed by atoms with Crippen LogP contribution in [0.5, 0.6) is 5.75 Å². The van der Waals surface area contributed by atoms with Gasteiger partial charge in [-0.25, -0.2) is 9.18 Å². The van der Waals surface area contributed by atoms with Gasteiger partial charge in [0, 0.05) is 5.56 Å². The number of halogens is 1. The molecule has 0 aliphatic carbocycles. The largest absolute Gasteiger partial charge is 0.494 e. The number of amides is 1. The summed E-state index contributed by atoms with van der Waals surface area (Å²) in [6.45, 7) is 5.49. The summed E-state index contributed by atoms with van der Waals surface area (Å²) in [4.78, 5) is 11.3. The molecule has 0 bridgehead atoms. The van der Waals surface area contributed by atoms with Crippen LogP contribution >= 0.6 is 0 Å². The molecule has 108 valence electrons. The van der Waals surface area contributed by atoms with Crippen molar-refractivity contribution in [2.45, 2.75) is 26.4 Å². The van der Waals surface area contributed by atoms with Crippen molar-refractivity contribution < 1.29 is 18.7 Å². The van der Waals surface area contributed by atoms with E-state index < -0.39 is 17.5 Å². The standard InChI is InChI=1S/C15H18FNO3/c1-15(2,3)20-14(18)17-9-5-6-11-7-8-12(16)13(10-11)19-4/h7-8,10H,9H2,1-4H3,(H,17,18). The Hall–Kier alpha value is -2.22. The molecule has 1 rings (SSSR count). The van der Waals surface area contributed by atoms with E-state index in [2.05, 4.69) is 17.2 Å². The third kappa shape index (κ3) is 5.61. The Balaban J connectivity index is 2.53. The highest BCUT2D eigenvalue weighted by atomic mass is 19.1. The minimum atomic E-state index is -0.540. The normalized spacial score (nSPS) is 10.2. The van der Waals surface area contributed by atoms with Gasteiger partial charge in [-0.15, -0.1) is 0 Å². The number of alkyl carbamates (subject to hydrolysis) is 1. The Labute approximate surface area is 118 Å². The number of hydrogen-bond acceptors (Lipinski definition) is 3. The molecule has 0 atom stereocenters. The van der Waals surface area contributed by atoms with Crippen LogP contribution in [0.15, 0.2) is 18.2 Å². The molecule has 0 saturated heterocycles. The van der Waals surface area contributed by atoms with E-state index in [0.717, 1.165) is 0 Å². The highest BCUT2D eigenvalue weighted by molar-refractivity contribution is 5.68. The predicted octanol–water partition coefficient (Wildman–Crippen LogP) is 2.71. The molecule has 0 aliphatic rings. The SMILES string of the molecule is COc1cc(C#CCNC(=O)OC(C)(C)C)ccc1F. The highest BCUT2D eigenvalue weighted by Crippen LogP contribution is 2.17. The first-order chi connectivity index (χ1) is 9.31. The van der Waals surface area contributed by atoms with Gasteiger partial charge in [0.2, 0.25) is 0 Å². The molecule has 0 aliphatic heterocycles. The topological polar surface area (TPSA) is 47.6 Å². The Morgan fingerprint density at radius 1 is 1.40 bits per heavy atom. The summed E-state index contributed by atoms with van der Waals surface area (Å²) in [5.41, 5.74) is 0.0659. The molecule has 1 aromatic carbocycles. The molecule has 0 heterocycles. The van der Waals surface area contributed by atoms with Crippen molar-refractivity contribution in [3.63, 3.8) is 0 Å². The number of methoxy groups -OCH3 is 1.